The van der Waals surface area contributed by atoms with Crippen molar-refractivity contribution in [2.24, 2.45) is 0 Å². The fraction of sp³-hybridized carbons (Fsp3) is 0.200. The summed E-state index contributed by atoms with van der Waals surface area (Å²) in [6.45, 7) is 1.76. The Morgan fingerprint density at radius 2 is 1.95 bits per heavy atom. The van der Waals surface area contributed by atoms with E-state index in [1.165, 1.54) is 18.2 Å². The van der Waals surface area contributed by atoms with Gasteiger partial charge >= 0.3 is 0 Å². The van der Waals surface area contributed by atoms with Crippen molar-refractivity contribution in [3.05, 3.63) is 69.2 Å². The van der Waals surface area contributed by atoms with Gasteiger partial charge in [0.15, 0.2) is 0 Å². The number of halogens is 3. The first-order valence-electron chi connectivity index (χ1n) is 5.85. The van der Waals surface area contributed by atoms with Crippen LogP contribution >= 0.6 is 15.9 Å². The third-order valence-electron chi connectivity index (χ3n) is 2.89. The molecule has 1 atom stereocenters. The maximum absolute atomic E-state index is 13.4. The minimum atomic E-state index is -0.868. The van der Waals surface area contributed by atoms with Gasteiger partial charge in [-0.05, 0) is 57.7 Å². The molecule has 0 aliphatic heterocycles. The van der Waals surface area contributed by atoms with Crippen LogP contribution in [0.4, 0.5) is 8.78 Å². The fourth-order valence-corrected chi connectivity index (χ4v) is 2.42. The normalized spacial score (nSPS) is 12.5. The average molecular weight is 327 g/mol. The van der Waals surface area contributed by atoms with E-state index >= 15 is 0 Å². The maximum Gasteiger partial charge on any atom is 0.137 e. The maximum atomic E-state index is 13.4. The van der Waals surface area contributed by atoms with Gasteiger partial charge in [0, 0.05) is 6.42 Å². The monoisotopic (exact) mass is 326 g/mol. The van der Waals surface area contributed by atoms with E-state index in [2.05, 4.69) is 15.9 Å². The SMILES string of the molecule is Cc1cc(F)cc(C(O)Cc2cccc(F)c2Br)c1. The highest BCUT2D eigenvalue weighted by Crippen LogP contribution is 2.26. The van der Waals surface area contributed by atoms with Gasteiger partial charge in [-0.25, -0.2) is 8.78 Å². The van der Waals surface area contributed by atoms with Crippen molar-refractivity contribution in [1.82, 2.24) is 0 Å². The summed E-state index contributed by atoms with van der Waals surface area (Å²) in [4.78, 5) is 0. The van der Waals surface area contributed by atoms with Crippen LogP contribution < -0.4 is 0 Å². The molecule has 0 radical (unpaired) electrons. The average Bonchev–Trinajstić information content (AvgIpc) is 2.33. The number of hydrogen-bond acceptors (Lipinski definition) is 1. The second-order valence-corrected chi connectivity index (χ2v) is 5.29. The van der Waals surface area contributed by atoms with E-state index in [-0.39, 0.29) is 18.1 Å². The molecule has 0 aromatic heterocycles. The third-order valence-corrected chi connectivity index (χ3v) is 3.78. The summed E-state index contributed by atoms with van der Waals surface area (Å²) < 4.78 is 27.0. The second-order valence-electron chi connectivity index (χ2n) is 4.49. The van der Waals surface area contributed by atoms with Crippen LogP contribution in [0.5, 0.6) is 0 Å². The minimum absolute atomic E-state index is 0.223. The Kier molecular flexibility index (Phi) is 4.32. The molecule has 0 amide bonds. The molecular formula is C15H13BrF2O. The number of aliphatic hydroxyl groups excluding tert-OH is 1. The van der Waals surface area contributed by atoms with Gasteiger partial charge in [-0.2, -0.15) is 0 Å². The second kappa shape index (κ2) is 5.80. The zero-order valence-electron chi connectivity index (χ0n) is 10.3. The van der Waals surface area contributed by atoms with Crippen LogP contribution in [0.15, 0.2) is 40.9 Å². The first-order chi connectivity index (χ1) is 8.97. The number of hydrogen-bond donors (Lipinski definition) is 1. The van der Waals surface area contributed by atoms with Crippen molar-refractivity contribution in [3.63, 3.8) is 0 Å². The van der Waals surface area contributed by atoms with Gasteiger partial charge in [0.05, 0.1) is 10.6 Å². The summed E-state index contributed by atoms with van der Waals surface area (Å²) in [5.41, 5.74) is 1.88. The van der Waals surface area contributed by atoms with Crippen molar-refractivity contribution < 1.29 is 13.9 Å². The molecule has 0 bridgehead atoms. The van der Waals surface area contributed by atoms with Gasteiger partial charge < -0.3 is 5.11 Å². The van der Waals surface area contributed by atoms with Crippen molar-refractivity contribution >= 4 is 15.9 Å². The lowest BCUT2D eigenvalue weighted by molar-refractivity contribution is 0.177. The highest BCUT2D eigenvalue weighted by Gasteiger charge is 2.13. The fourth-order valence-electron chi connectivity index (χ4n) is 1.99. The molecule has 4 heteroatoms. The molecule has 0 heterocycles. The summed E-state index contributed by atoms with van der Waals surface area (Å²) in [6.07, 6.45) is -0.645. The van der Waals surface area contributed by atoms with Gasteiger partial charge in [-0.1, -0.05) is 18.2 Å². The van der Waals surface area contributed by atoms with E-state index in [9.17, 15) is 13.9 Å². The van der Waals surface area contributed by atoms with E-state index in [1.54, 1.807) is 25.1 Å². The molecule has 1 nitrogen and oxygen atoms in total. The molecule has 0 saturated heterocycles. The zero-order chi connectivity index (χ0) is 14.0. The van der Waals surface area contributed by atoms with Crippen LogP contribution in [-0.4, -0.2) is 5.11 Å². The third kappa shape index (κ3) is 3.39. The predicted molar refractivity (Wildman–Crippen MR) is 73.9 cm³/mol. The van der Waals surface area contributed by atoms with E-state index in [0.717, 1.165) is 5.56 Å². The first-order valence-corrected chi connectivity index (χ1v) is 6.64. The van der Waals surface area contributed by atoms with Crippen molar-refractivity contribution in [2.45, 2.75) is 19.4 Å². The standard InChI is InChI=1S/C15H13BrF2O/c1-9-5-11(7-12(17)6-9)14(19)8-10-3-2-4-13(18)15(10)16/h2-7,14,19H,8H2,1H3. The molecule has 0 spiro atoms. The van der Waals surface area contributed by atoms with Crippen molar-refractivity contribution in [1.29, 1.82) is 0 Å². The molecule has 1 unspecified atom stereocenters. The Balaban J connectivity index is 2.25. The van der Waals surface area contributed by atoms with Crippen LogP contribution in [-0.2, 0) is 6.42 Å². The van der Waals surface area contributed by atoms with Crippen LogP contribution in [0.2, 0.25) is 0 Å². The first kappa shape index (κ1) is 14.2. The Labute approximate surface area is 119 Å². The van der Waals surface area contributed by atoms with E-state index < -0.39 is 6.10 Å². The molecule has 0 aliphatic rings. The number of aliphatic hydroxyl groups is 1. The summed E-state index contributed by atoms with van der Waals surface area (Å²) in [7, 11) is 0. The van der Waals surface area contributed by atoms with Gasteiger partial charge in [0.25, 0.3) is 0 Å². The lowest BCUT2D eigenvalue weighted by Crippen LogP contribution is -2.04. The largest absolute Gasteiger partial charge is 0.388 e. The van der Waals surface area contributed by atoms with Crippen molar-refractivity contribution in [3.8, 4) is 0 Å². The van der Waals surface area contributed by atoms with Crippen LogP contribution in [0, 0.1) is 18.6 Å². The van der Waals surface area contributed by atoms with Gasteiger partial charge in [-0.3, -0.25) is 0 Å². The lowest BCUT2D eigenvalue weighted by atomic mass is 10.00. The number of aryl methyl sites for hydroxylation is 1. The molecule has 2 aromatic carbocycles. The number of rotatable bonds is 3. The molecule has 0 saturated carbocycles. The van der Waals surface area contributed by atoms with Crippen LogP contribution in [0.1, 0.15) is 22.8 Å². The summed E-state index contributed by atoms with van der Waals surface area (Å²) in [5.74, 6) is -0.757. The Morgan fingerprint density at radius 1 is 1.21 bits per heavy atom. The predicted octanol–water partition coefficient (Wildman–Crippen LogP) is 4.31. The minimum Gasteiger partial charge on any atom is -0.388 e. The van der Waals surface area contributed by atoms with E-state index in [0.29, 0.717) is 15.6 Å². The van der Waals surface area contributed by atoms with Crippen LogP contribution in [0.3, 0.4) is 0 Å². The highest BCUT2D eigenvalue weighted by atomic mass is 79.9. The Morgan fingerprint density at radius 3 is 2.63 bits per heavy atom. The van der Waals surface area contributed by atoms with Crippen molar-refractivity contribution in [2.75, 3.05) is 0 Å². The van der Waals surface area contributed by atoms with Gasteiger partial charge in [0.1, 0.15) is 11.6 Å². The Hall–Kier alpha value is -1.26. The molecule has 100 valence electrons. The molecule has 0 aliphatic carbocycles. The zero-order valence-corrected chi connectivity index (χ0v) is 11.9. The van der Waals surface area contributed by atoms with Gasteiger partial charge in [0.2, 0.25) is 0 Å². The summed E-state index contributed by atoms with van der Waals surface area (Å²) in [5, 5.41) is 10.1. The highest BCUT2D eigenvalue weighted by molar-refractivity contribution is 9.10. The quantitative estimate of drug-likeness (QED) is 0.891. The molecular weight excluding hydrogens is 314 g/mol. The molecule has 2 aromatic rings. The smallest absolute Gasteiger partial charge is 0.137 e. The molecule has 0 fully saturated rings. The molecule has 1 N–H and O–H groups in total. The molecule has 19 heavy (non-hydrogen) atoms. The van der Waals surface area contributed by atoms with Gasteiger partial charge in [-0.15, -0.1) is 0 Å². The summed E-state index contributed by atoms with van der Waals surface area (Å²) >= 11 is 3.15. The Bertz CT molecular complexity index is 578. The number of benzene rings is 2. The van der Waals surface area contributed by atoms with E-state index in [4.69, 9.17) is 0 Å². The lowest BCUT2D eigenvalue weighted by Gasteiger charge is -2.13. The summed E-state index contributed by atoms with van der Waals surface area (Å²) in [6, 6.07) is 9.06. The van der Waals surface area contributed by atoms with Crippen LogP contribution in [0.25, 0.3) is 0 Å². The van der Waals surface area contributed by atoms with E-state index in [1.807, 2.05) is 0 Å². The molecule has 2 rings (SSSR count). The topological polar surface area (TPSA) is 20.2 Å².